The summed E-state index contributed by atoms with van der Waals surface area (Å²) in [4.78, 5) is 36.3. The van der Waals surface area contributed by atoms with Gasteiger partial charge in [0.25, 0.3) is 5.56 Å². The van der Waals surface area contributed by atoms with Crippen LogP contribution in [0.2, 0.25) is 0 Å². The first-order valence-corrected chi connectivity index (χ1v) is 6.22. The maximum Gasteiger partial charge on any atom is 0.339 e. The van der Waals surface area contributed by atoms with Crippen molar-refractivity contribution in [3.05, 3.63) is 45.4 Å². The molecule has 6 heteroatoms. The Hall–Kier alpha value is -2.63. The minimum Gasteiger partial charge on any atom is -0.465 e. The molecule has 2 rings (SSSR count). The number of benzene rings is 1. The fourth-order valence-corrected chi connectivity index (χ4v) is 2.21. The molecule has 0 spiro atoms. The fraction of sp³-hybridized carbons (Fsp3) is 0.267. The van der Waals surface area contributed by atoms with Gasteiger partial charge in [0, 0.05) is 12.7 Å². The number of carbonyl (C=O) groups is 2. The summed E-state index contributed by atoms with van der Waals surface area (Å²) in [5, 5.41) is 0.724. The van der Waals surface area contributed by atoms with Gasteiger partial charge in [0.15, 0.2) is 0 Å². The first-order chi connectivity index (χ1) is 9.92. The Morgan fingerprint density at radius 3 is 2.29 bits per heavy atom. The van der Waals surface area contributed by atoms with Gasteiger partial charge in [-0.3, -0.25) is 4.79 Å². The first-order valence-electron chi connectivity index (χ1n) is 6.22. The number of hydrogen-bond acceptors (Lipinski definition) is 5. The number of methoxy groups -OCH3 is 2. The van der Waals surface area contributed by atoms with Gasteiger partial charge in [-0.05, 0) is 24.4 Å². The predicted molar refractivity (Wildman–Crippen MR) is 76.6 cm³/mol. The Labute approximate surface area is 120 Å². The van der Waals surface area contributed by atoms with Gasteiger partial charge in [0.2, 0.25) is 0 Å². The molecule has 1 aromatic carbocycles. The number of ether oxygens (including phenoxy) is 2. The zero-order valence-electron chi connectivity index (χ0n) is 12.2. The molecule has 0 radical (unpaired) electrons. The van der Waals surface area contributed by atoms with Gasteiger partial charge in [-0.2, -0.15) is 0 Å². The van der Waals surface area contributed by atoms with Crippen LogP contribution in [0.3, 0.4) is 0 Å². The van der Waals surface area contributed by atoms with E-state index in [1.807, 2.05) is 0 Å². The Kier molecular flexibility index (Phi) is 3.80. The zero-order valence-corrected chi connectivity index (χ0v) is 12.2. The predicted octanol–water partition coefficient (Wildman–Crippen LogP) is 1.42. The lowest BCUT2D eigenvalue weighted by atomic mass is 9.99. The summed E-state index contributed by atoms with van der Waals surface area (Å²) in [5.74, 6) is -1.44. The highest BCUT2D eigenvalue weighted by atomic mass is 16.5. The van der Waals surface area contributed by atoms with Crippen molar-refractivity contribution in [3.8, 4) is 0 Å². The third kappa shape index (κ3) is 2.29. The van der Waals surface area contributed by atoms with Gasteiger partial charge >= 0.3 is 11.9 Å². The van der Waals surface area contributed by atoms with E-state index in [2.05, 4.69) is 4.74 Å². The van der Waals surface area contributed by atoms with Crippen molar-refractivity contribution in [2.45, 2.75) is 6.92 Å². The quantitative estimate of drug-likeness (QED) is 0.782. The number of nitrogens with zero attached hydrogens (tertiary/aromatic N) is 1. The van der Waals surface area contributed by atoms with E-state index in [1.165, 1.54) is 24.9 Å². The summed E-state index contributed by atoms with van der Waals surface area (Å²) in [5.41, 5.74) is 0.325. The number of hydrogen-bond donors (Lipinski definition) is 0. The topological polar surface area (TPSA) is 74.6 Å². The average molecular weight is 289 g/mol. The molecule has 21 heavy (non-hydrogen) atoms. The van der Waals surface area contributed by atoms with Gasteiger partial charge in [-0.1, -0.05) is 6.07 Å². The molecule has 2 aromatic rings. The fourth-order valence-electron chi connectivity index (χ4n) is 2.21. The molecule has 0 saturated carbocycles. The van der Waals surface area contributed by atoms with Gasteiger partial charge in [0.05, 0.1) is 30.7 Å². The van der Waals surface area contributed by atoms with Crippen LogP contribution in [0, 0.1) is 6.92 Å². The van der Waals surface area contributed by atoms with E-state index >= 15 is 0 Å². The summed E-state index contributed by atoms with van der Waals surface area (Å²) >= 11 is 0. The molecule has 0 aliphatic rings. The largest absolute Gasteiger partial charge is 0.465 e. The number of aryl methyl sites for hydroxylation is 1. The van der Waals surface area contributed by atoms with Gasteiger partial charge < -0.3 is 14.0 Å². The van der Waals surface area contributed by atoms with Crippen LogP contribution >= 0.6 is 0 Å². The van der Waals surface area contributed by atoms with Crippen molar-refractivity contribution in [1.82, 2.24) is 4.57 Å². The van der Waals surface area contributed by atoms with Crippen LogP contribution in [-0.2, 0) is 16.5 Å². The summed E-state index contributed by atoms with van der Waals surface area (Å²) in [6, 6.07) is 4.84. The third-order valence-electron chi connectivity index (χ3n) is 3.44. The molecule has 0 amide bonds. The van der Waals surface area contributed by atoms with E-state index in [-0.39, 0.29) is 22.1 Å². The number of esters is 2. The Morgan fingerprint density at radius 2 is 1.71 bits per heavy atom. The maximum atomic E-state index is 12.5. The van der Waals surface area contributed by atoms with E-state index in [0.29, 0.717) is 5.39 Å². The van der Waals surface area contributed by atoms with Gasteiger partial charge in [-0.15, -0.1) is 0 Å². The standard InChI is InChI=1S/C15H15NO5/c1-8-7-9-5-6-10(14(18)20-3)12(15(19)21-4)11(9)13(17)16(8)2/h5-7H,1-4H3. The van der Waals surface area contributed by atoms with Crippen molar-refractivity contribution >= 4 is 22.7 Å². The Bertz CT molecular complexity index is 804. The lowest BCUT2D eigenvalue weighted by Gasteiger charge is -2.12. The molecule has 0 saturated heterocycles. The highest BCUT2D eigenvalue weighted by Crippen LogP contribution is 2.22. The van der Waals surface area contributed by atoms with Crippen LogP contribution in [0.15, 0.2) is 23.0 Å². The van der Waals surface area contributed by atoms with Crippen molar-refractivity contribution < 1.29 is 19.1 Å². The molecule has 1 aromatic heterocycles. The molecule has 110 valence electrons. The molecule has 0 fully saturated rings. The van der Waals surface area contributed by atoms with Crippen LogP contribution < -0.4 is 5.56 Å². The van der Waals surface area contributed by atoms with Crippen molar-refractivity contribution in [3.63, 3.8) is 0 Å². The minimum absolute atomic E-state index is 0.0119. The second-order valence-electron chi connectivity index (χ2n) is 4.59. The number of rotatable bonds is 2. The normalized spacial score (nSPS) is 10.5. The second kappa shape index (κ2) is 5.40. The second-order valence-corrected chi connectivity index (χ2v) is 4.59. The molecule has 0 aliphatic heterocycles. The molecule has 0 N–H and O–H groups in total. The summed E-state index contributed by atoms with van der Waals surface area (Å²) in [7, 11) is 4.00. The van der Waals surface area contributed by atoms with Crippen LogP contribution in [0.5, 0.6) is 0 Å². The number of fused-ring (bicyclic) bond motifs is 1. The Balaban J connectivity index is 3.01. The van der Waals surface area contributed by atoms with E-state index in [1.54, 1.807) is 26.1 Å². The maximum absolute atomic E-state index is 12.5. The van der Waals surface area contributed by atoms with Crippen molar-refractivity contribution in [2.24, 2.45) is 7.05 Å². The molecular weight excluding hydrogens is 274 g/mol. The highest BCUT2D eigenvalue weighted by molar-refractivity contribution is 6.12. The lowest BCUT2D eigenvalue weighted by Crippen LogP contribution is -2.23. The molecule has 6 nitrogen and oxygen atoms in total. The SMILES string of the molecule is COC(=O)c1ccc2cc(C)n(C)c(=O)c2c1C(=O)OC. The third-order valence-corrected chi connectivity index (χ3v) is 3.44. The highest BCUT2D eigenvalue weighted by Gasteiger charge is 2.23. The minimum atomic E-state index is -0.748. The van der Waals surface area contributed by atoms with Crippen LogP contribution in [0.1, 0.15) is 26.4 Å². The van der Waals surface area contributed by atoms with Crippen LogP contribution in [0.4, 0.5) is 0 Å². The number of carbonyl (C=O) groups excluding carboxylic acids is 2. The van der Waals surface area contributed by atoms with Gasteiger partial charge in [-0.25, -0.2) is 9.59 Å². The molecule has 0 unspecified atom stereocenters. The van der Waals surface area contributed by atoms with E-state index in [0.717, 1.165) is 5.69 Å². The number of pyridine rings is 1. The molecule has 0 bridgehead atoms. The molecule has 1 heterocycles. The van der Waals surface area contributed by atoms with Crippen molar-refractivity contribution in [1.29, 1.82) is 0 Å². The number of aromatic nitrogens is 1. The van der Waals surface area contributed by atoms with E-state index < -0.39 is 11.9 Å². The summed E-state index contributed by atoms with van der Waals surface area (Å²) in [6.45, 7) is 1.78. The van der Waals surface area contributed by atoms with Crippen LogP contribution in [-0.4, -0.2) is 30.7 Å². The van der Waals surface area contributed by atoms with E-state index in [9.17, 15) is 14.4 Å². The monoisotopic (exact) mass is 289 g/mol. The molecule has 0 atom stereocenters. The van der Waals surface area contributed by atoms with Crippen LogP contribution in [0.25, 0.3) is 10.8 Å². The van der Waals surface area contributed by atoms with E-state index in [4.69, 9.17) is 4.74 Å². The molecule has 0 aliphatic carbocycles. The van der Waals surface area contributed by atoms with Gasteiger partial charge in [0.1, 0.15) is 0 Å². The smallest absolute Gasteiger partial charge is 0.339 e. The van der Waals surface area contributed by atoms with Crippen molar-refractivity contribution in [2.75, 3.05) is 14.2 Å². The molecular formula is C15H15NO5. The summed E-state index contributed by atoms with van der Waals surface area (Å²) in [6.07, 6.45) is 0. The Morgan fingerprint density at radius 1 is 1.10 bits per heavy atom. The summed E-state index contributed by atoms with van der Waals surface area (Å²) < 4.78 is 10.8. The zero-order chi connectivity index (χ0) is 15.7. The lowest BCUT2D eigenvalue weighted by molar-refractivity contribution is 0.0557. The first kappa shape index (κ1) is 14.8. The average Bonchev–Trinajstić information content (AvgIpc) is 2.50.